The molecule has 0 saturated heterocycles. The third kappa shape index (κ3) is 4.97. The lowest BCUT2D eigenvalue weighted by Gasteiger charge is -2.29. The number of carbonyl (C=O) groups is 1. The van der Waals surface area contributed by atoms with Crippen molar-refractivity contribution in [3.05, 3.63) is 29.8 Å². The van der Waals surface area contributed by atoms with E-state index in [1.54, 1.807) is 20.9 Å². The van der Waals surface area contributed by atoms with Crippen LogP contribution in [-0.4, -0.2) is 30.4 Å². The van der Waals surface area contributed by atoms with Crippen molar-refractivity contribution in [3.8, 4) is 0 Å². The molecule has 1 N–H and O–H groups in total. The Morgan fingerprint density at radius 2 is 2.14 bits per heavy atom. The standard InChI is InChI=1S/C15H21F2NO2S/c1-5-20-14(19)15(3,18-4)9-10(2)21-13-8-11(16)6-7-12(13)17/h6-8,10,18H,5,9H2,1-4H3. The van der Waals surface area contributed by atoms with E-state index in [4.69, 9.17) is 4.74 Å². The number of nitrogens with one attached hydrogen (secondary N) is 1. The number of halogens is 2. The smallest absolute Gasteiger partial charge is 0.326 e. The Labute approximate surface area is 128 Å². The second kappa shape index (κ2) is 7.75. The number of hydrogen-bond acceptors (Lipinski definition) is 4. The minimum Gasteiger partial charge on any atom is -0.465 e. The third-order valence-corrected chi connectivity index (χ3v) is 4.33. The summed E-state index contributed by atoms with van der Waals surface area (Å²) in [5.74, 6) is -1.29. The van der Waals surface area contributed by atoms with Gasteiger partial charge in [0.1, 0.15) is 17.2 Å². The van der Waals surface area contributed by atoms with Crippen molar-refractivity contribution < 1.29 is 18.3 Å². The van der Waals surface area contributed by atoms with Gasteiger partial charge in [-0.1, -0.05) is 6.92 Å². The first-order valence-corrected chi connectivity index (χ1v) is 7.68. The maximum atomic E-state index is 13.6. The Bertz CT molecular complexity index is 499. The molecule has 0 aliphatic heterocycles. The van der Waals surface area contributed by atoms with Gasteiger partial charge in [0.2, 0.25) is 0 Å². The average molecular weight is 317 g/mol. The van der Waals surface area contributed by atoms with Gasteiger partial charge in [-0.25, -0.2) is 8.78 Å². The highest BCUT2D eigenvalue weighted by Gasteiger charge is 2.35. The van der Waals surface area contributed by atoms with Crippen LogP contribution in [0.3, 0.4) is 0 Å². The van der Waals surface area contributed by atoms with Gasteiger partial charge in [0.25, 0.3) is 0 Å². The Hall–Kier alpha value is -1.14. The molecular weight excluding hydrogens is 296 g/mol. The number of benzene rings is 1. The van der Waals surface area contributed by atoms with Crippen LogP contribution in [0.1, 0.15) is 27.2 Å². The summed E-state index contributed by atoms with van der Waals surface area (Å²) in [6.07, 6.45) is 0.433. The normalized spacial score (nSPS) is 15.3. The maximum absolute atomic E-state index is 13.6. The largest absolute Gasteiger partial charge is 0.465 e. The van der Waals surface area contributed by atoms with E-state index >= 15 is 0 Å². The Morgan fingerprint density at radius 3 is 2.71 bits per heavy atom. The second-order valence-corrected chi connectivity index (χ2v) is 6.49. The van der Waals surface area contributed by atoms with E-state index < -0.39 is 17.2 Å². The van der Waals surface area contributed by atoms with Gasteiger partial charge in [-0.05, 0) is 45.5 Å². The number of hydrogen-bond donors (Lipinski definition) is 1. The second-order valence-electron chi connectivity index (χ2n) is 5.01. The zero-order chi connectivity index (χ0) is 16.0. The molecule has 2 unspecified atom stereocenters. The van der Waals surface area contributed by atoms with E-state index in [0.717, 1.165) is 18.2 Å². The summed E-state index contributed by atoms with van der Waals surface area (Å²) >= 11 is 1.20. The molecule has 0 aliphatic rings. The molecule has 118 valence electrons. The lowest BCUT2D eigenvalue weighted by Crippen LogP contribution is -2.50. The molecule has 2 atom stereocenters. The molecule has 0 heterocycles. The Balaban J connectivity index is 2.77. The molecule has 0 spiro atoms. The molecule has 0 saturated carbocycles. The minimum atomic E-state index is -0.855. The lowest BCUT2D eigenvalue weighted by molar-refractivity contribution is -0.150. The molecule has 0 aromatic heterocycles. The molecule has 0 aliphatic carbocycles. The van der Waals surface area contributed by atoms with Gasteiger partial charge in [0, 0.05) is 10.1 Å². The molecule has 6 heteroatoms. The minimum absolute atomic E-state index is 0.0943. The number of esters is 1. The van der Waals surface area contributed by atoms with Crippen molar-refractivity contribution in [2.45, 2.75) is 42.9 Å². The Kier molecular flexibility index (Phi) is 6.61. The van der Waals surface area contributed by atoms with Crippen LogP contribution in [0, 0.1) is 11.6 Å². The van der Waals surface area contributed by atoms with Crippen molar-refractivity contribution in [1.29, 1.82) is 0 Å². The van der Waals surface area contributed by atoms with Gasteiger partial charge in [0.15, 0.2) is 0 Å². The molecule has 0 fully saturated rings. The molecule has 21 heavy (non-hydrogen) atoms. The quantitative estimate of drug-likeness (QED) is 0.618. The van der Waals surface area contributed by atoms with Crippen LogP contribution in [0.15, 0.2) is 23.1 Å². The molecule has 0 amide bonds. The van der Waals surface area contributed by atoms with E-state index in [2.05, 4.69) is 5.32 Å². The summed E-state index contributed by atoms with van der Waals surface area (Å²) in [5.41, 5.74) is -0.855. The van der Waals surface area contributed by atoms with Gasteiger partial charge < -0.3 is 10.1 Å². The fourth-order valence-electron chi connectivity index (χ4n) is 1.98. The summed E-state index contributed by atoms with van der Waals surface area (Å²) < 4.78 is 31.8. The molecule has 0 bridgehead atoms. The van der Waals surface area contributed by atoms with E-state index in [1.807, 2.05) is 6.92 Å². The fourth-order valence-corrected chi connectivity index (χ4v) is 3.19. The number of carbonyl (C=O) groups excluding carboxylic acids is 1. The third-order valence-electron chi connectivity index (χ3n) is 3.19. The number of rotatable bonds is 7. The lowest BCUT2D eigenvalue weighted by atomic mass is 9.96. The molecule has 1 aromatic rings. The molecule has 0 radical (unpaired) electrons. The predicted molar refractivity (Wildman–Crippen MR) is 80.4 cm³/mol. The predicted octanol–water partition coefficient (Wildman–Crippen LogP) is 3.38. The van der Waals surface area contributed by atoms with E-state index in [0.29, 0.717) is 13.0 Å². The van der Waals surface area contributed by atoms with Crippen LogP contribution in [-0.2, 0) is 9.53 Å². The first-order valence-electron chi connectivity index (χ1n) is 6.80. The summed E-state index contributed by atoms with van der Waals surface area (Å²) in [5, 5.41) is 2.86. The topological polar surface area (TPSA) is 38.3 Å². The zero-order valence-electron chi connectivity index (χ0n) is 12.7. The summed E-state index contributed by atoms with van der Waals surface area (Å²) in [6, 6.07) is 3.35. The van der Waals surface area contributed by atoms with E-state index in [-0.39, 0.29) is 16.1 Å². The average Bonchev–Trinajstić information content (AvgIpc) is 2.42. The van der Waals surface area contributed by atoms with Crippen molar-refractivity contribution in [2.75, 3.05) is 13.7 Å². The van der Waals surface area contributed by atoms with Crippen LogP contribution in [0.4, 0.5) is 8.78 Å². The first kappa shape index (κ1) is 17.9. The van der Waals surface area contributed by atoms with Crippen LogP contribution in [0.5, 0.6) is 0 Å². The van der Waals surface area contributed by atoms with Crippen LogP contribution < -0.4 is 5.32 Å². The highest BCUT2D eigenvalue weighted by molar-refractivity contribution is 8.00. The SMILES string of the molecule is CCOC(=O)C(C)(CC(C)Sc1cc(F)ccc1F)NC. The zero-order valence-corrected chi connectivity index (χ0v) is 13.5. The number of likely N-dealkylation sites (N-methyl/N-ethyl adjacent to an activating group) is 1. The number of ether oxygens (including phenoxy) is 1. The summed E-state index contributed by atoms with van der Waals surface area (Å²) in [6.45, 7) is 5.65. The monoisotopic (exact) mass is 317 g/mol. The fraction of sp³-hybridized carbons (Fsp3) is 0.533. The van der Waals surface area contributed by atoms with E-state index in [1.165, 1.54) is 11.8 Å². The van der Waals surface area contributed by atoms with Gasteiger partial charge in [0.05, 0.1) is 6.61 Å². The van der Waals surface area contributed by atoms with Crippen molar-refractivity contribution in [1.82, 2.24) is 5.32 Å². The van der Waals surface area contributed by atoms with Crippen LogP contribution >= 0.6 is 11.8 Å². The maximum Gasteiger partial charge on any atom is 0.326 e. The number of thioether (sulfide) groups is 1. The molecule has 1 aromatic carbocycles. The van der Waals surface area contributed by atoms with Crippen LogP contribution in [0.25, 0.3) is 0 Å². The van der Waals surface area contributed by atoms with Crippen LogP contribution in [0.2, 0.25) is 0 Å². The summed E-state index contributed by atoms with van der Waals surface area (Å²) in [4.78, 5) is 12.2. The van der Waals surface area contributed by atoms with Gasteiger partial charge in [-0.15, -0.1) is 11.8 Å². The van der Waals surface area contributed by atoms with Crippen molar-refractivity contribution in [3.63, 3.8) is 0 Å². The van der Waals surface area contributed by atoms with Gasteiger partial charge in [-0.3, -0.25) is 4.79 Å². The van der Waals surface area contributed by atoms with Crippen molar-refractivity contribution in [2.24, 2.45) is 0 Å². The summed E-state index contributed by atoms with van der Waals surface area (Å²) in [7, 11) is 1.68. The molecule has 3 nitrogen and oxygen atoms in total. The molecule has 1 rings (SSSR count). The van der Waals surface area contributed by atoms with Gasteiger partial charge in [-0.2, -0.15) is 0 Å². The first-order chi connectivity index (χ1) is 9.82. The van der Waals surface area contributed by atoms with Crippen molar-refractivity contribution >= 4 is 17.7 Å². The van der Waals surface area contributed by atoms with E-state index in [9.17, 15) is 13.6 Å². The molecular formula is C15H21F2NO2S. The Morgan fingerprint density at radius 1 is 1.48 bits per heavy atom. The highest BCUT2D eigenvalue weighted by atomic mass is 32.2. The van der Waals surface area contributed by atoms with Gasteiger partial charge >= 0.3 is 5.97 Å². The highest BCUT2D eigenvalue weighted by Crippen LogP contribution is 2.31.